The Morgan fingerprint density at radius 1 is 1.13 bits per heavy atom. The van der Waals surface area contributed by atoms with Crippen LogP contribution in [0.4, 0.5) is 0 Å². The van der Waals surface area contributed by atoms with Crippen molar-refractivity contribution in [3.05, 3.63) is 54.1 Å². The van der Waals surface area contributed by atoms with Crippen LogP contribution in [0.25, 0.3) is 22.2 Å². The van der Waals surface area contributed by atoms with Crippen molar-refractivity contribution in [2.75, 3.05) is 6.54 Å². The zero-order valence-electron chi connectivity index (χ0n) is 12.6. The Hall–Kier alpha value is -2.95. The number of nitrogens with one attached hydrogen (secondary N) is 2. The number of aromatic nitrogens is 2. The van der Waals surface area contributed by atoms with Crippen LogP contribution in [0, 0.1) is 0 Å². The van der Waals surface area contributed by atoms with E-state index in [-0.39, 0.29) is 5.91 Å². The Morgan fingerprint density at radius 2 is 1.91 bits per heavy atom. The van der Waals surface area contributed by atoms with Gasteiger partial charge in [0.1, 0.15) is 6.29 Å². The summed E-state index contributed by atoms with van der Waals surface area (Å²) in [6, 6.07) is 15.3. The molecule has 0 unspecified atom stereocenters. The number of unbranched alkanes of at least 4 members (excludes halogenated alkanes) is 1. The molecule has 5 nitrogen and oxygen atoms in total. The Morgan fingerprint density at radius 3 is 2.70 bits per heavy atom. The van der Waals surface area contributed by atoms with Gasteiger partial charge in [-0.1, -0.05) is 30.3 Å². The van der Waals surface area contributed by atoms with Gasteiger partial charge in [0.05, 0.1) is 11.2 Å². The largest absolute Gasteiger partial charge is 0.352 e. The van der Waals surface area contributed by atoms with Gasteiger partial charge >= 0.3 is 0 Å². The molecule has 0 aliphatic carbocycles. The summed E-state index contributed by atoms with van der Waals surface area (Å²) in [5.74, 6) is -0.130. The number of carbonyl (C=O) groups excluding carboxylic acids is 2. The number of amides is 1. The number of H-pyrrole nitrogens is 1. The number of benzene rings is 2. The molecule has 0 fully saturated rings. The molecule has 2 aromatic carbocycles. The number of hydrogen-bond acceptors (Lipinski definition) is 3. The molecule has 0 bridgehead atoms. The number of para-hydroxylation sites is 1. The zero-order chi connectivity index (χ0) is 16.1. The van der Waals surface area contributed by atoms with Crippen molar-refractivity contribution in [1.82, 2.24) is 15.5 Å². The van der Waals surface area contributed by atoms with Crippen molar-refractivity contribution in [1.29, 1.82) is 0 Å². The van der Waals surface area contributed by atoms with Gasteiger partial charge in [0.25, 0.3) is 5.91 Å². The molecule has 0 saturated heterocycles. The number of hydrogen-bond donors (Lipinski definition) is 2. The lowest BCUT2D eigenvalue weighted by Crippen LogP contribution is -2.24. The number of carbonyl (C=O) groups is 2. The van der Waals surface area contributed by atoms with Gasteiger partial charge in [-0.3, -0.25) is 9.89 Å². The van der Waals surface area contributed by atoms with Crippen molar-refractivity contribution in [3.8, 4) is 11.3 Å². The normalized spacial score (nSPS) is 10.6. The second kappa shape index (κ2) is 6.87. The fraction of sp³-hybridized carbons (Fsp3) is 0.167. The first kappa shape index (κ1) is 15.0. The van der Waals surface area contributed by atoms with Gasteiger partial charge in [-0.2, -0.15) is 5.10 Å². The fourth-order valence-corrected chi connectivity index (χ4v) is 2.45. The number of aromatic amines is 1. The molecule has 1 aromatic heterocycles. The maximum absolute atomic E-state index is 12.0. The molecular formula is C18H17N3O2. The van der Waals surface area contributed by atoms with Crippen LogP contribution in [0.2, 0.25) is 0 Å². The van der Waals surface area contributed by atoms with Crippen LogP contribution in [-0.4, -0.2) is 28.9 Å². The van der Waals surface area contributed by atoms with Crippen LogP contribution in [0.15, 0.2) is 48.5 Å². The molecular weight excluding hydrogens is 290 g/mol. The minimum Gasteiger partial charge on any atom is -0.352 e. The highest BCUT2D eigenvalue weighted by Gasteiger charge is 2.09. The molecule has 1 heterocycles. The van der Waals surface area contributed by atoms with E-state index in [1.807, 2.05) is 36.4 Å². The van der Waals surface area contributed by atoms with Gasteiger partial charge in [-0.25, -0.2) is 0 Å². The maximum Gasteiger partial charge on any atom is 0.251 e. The molecule has 2 N–H and O–H groups in total. The molecule has 0 radical (unpaired) electrons. The smallest absolute Gasteiger partial charge is 0.251 e. The molecule has 23 heavy (non-hydrogen) atoms. The second-order valence-electron chi connectivity index (χ2n) is 5.26. The first-order valence-corrected chi connectivity index (χ1v) is 7.55. The third-order valence-corrected chi connectivity index (χ3v) is 3.68. The average Bonchev–Trinajstić information content (AvgIpc) is 3.03. The number of fused-ring (bicyclic) bond motifs is 1. The van der Waals surface area contributed by atoms with Gasteiger partial charge in [0.15, 0.2) is 0 Å². The minimum atomic E-state index is -0.130. The van der Waals surface area contributed by atoms with Crippen molar-refractivity contribution in [2.45, 2.75) is 12.8 Å². The summed E-state index contributed by atoms with van der Waals surface area (Å²) < 4.78 is 0. The SMILES string of the molecule is O=CCCCNC(=O)c1ccc(-c2n[nH]c3ccccc23)cc1. The van der Waals surface area contributed by atoms with Crippen molar-refractivity contribution >= 4 is 23.1 Å². The first-order valence-electron chi connectivity index (χ1n) is 7.55. The third-order valence-electron chi connectivity index (χ3n) is 3.68. The monoisotopic (exact) mass is 307 g/mol. The molecule has 0 spiro atoms. The molecule has 0 saturated carbocycles. The summed E-state index contributed by atoms with van der Waals surface area (Å²) in [6.07, 6.45) is 1.98. The summed E-state index contributed by atoms with van der Waals surface area (Å²) in [7, 11) is 0. The van der Waals surface area contributed by atoms with Crippen LogP contribution >= 0.6 is 0 Å². The van der Waals surface area contributed by atoms with Crippen molar-refractivity contribution in [3.63, 3.8) is 0 Å². The lowest BCUT2D eigenvalue weighted by molar-refractivity contribution is -0.107. The van der Waals surface area contributed by atoms with E-state index in [1.165, 1.54) is 0 Å². The average molecular weight is 307 g/mol. The van der Waals surface area contributed by atoms with E-state index in [1.54, 1.807) is 12.1 Å². The quantitative estimate of drug-likeness (QED) is 0.543. The Labute approximate surface area is 133 Å². The van der Waals surface area contributed by atoms with Gasteiger partial charge in [-0.15, -0.1) is 0 Å². The summed E-state index contributed by atoms with van der Waals surface area (Å²) in [6.45, 7) is 0.503. The second-order valence-corrected chi connectivity index (χ2v) is 5.26. The van der Waals surface area contributed by atoms with E-state index in [2.05, 4.69) is 15.5 Å². The lowest BCUT2D eigenvalue weighted by Gasteiger charge is -2.05. The predicted molar refractivity (Wildman–Crippen MR) is 89.2 cm³/mol. The van der Waals surface area contributed by atoms with Crippen LogP contribution in [0.1, 0.15) is 23.2 Å². The first-order chi connectivity index (χ1) is 11.3. The number of nitrogens with zero attached hydrogens (tertiary/aromatic N) is 1. The van der Waals surface area contributed by atoms with E-state index in [4.69, 9.17) is 0 Å². The van der Waals surface area contributed by atoms with Gasteiger partial charge in [0, 0.05) is 29.5 Å². The van der Waals surface area contributed by atoms with Gasteiger partial charge in [-0.05, 0) is 24.6 Å². The predicted octanol–water partition coefficient (Wildman–Crippen LogP) is 2.94. The van der Waals surface area contributed by atoms with Crippen molar-refractivity contribution < 1.29 is 9.59 Å². The fourth-order valence-electron chi connectivity index (χ4n) is 2.45. The molecule has 0 atom stereocenters. The van der Waals surface area contributed by atoms with Crippen LogP contribution in [0.3, 0.4) is 0 Å². The van der Waals surface area contributed by atoms with Crippen LogP contribution < -0.4 is 5.32 Å². The summed E-state index contributed by atoms with van der Waals surface area (Å²) >= 11 is 0. The van der Waals surface area contributed by atoms with E-state index in [0.717, 1.165) is 28.4 Å². The van der Waals surface area contributed by atoms with Gasteiger partial charge in [0.2, 0.25) is 0 Å². The summed E-state index contributed by atoms with van der Waals surface area (Å²) in [4.78, 5) is 22.2. The Balaban J connectivity index is 1.74. The molecule has 0 aliphatic heterocycles. The van der Waals surface area contributed by atoms with E-state index in [0.29, 0.717) is 24.9 Å². The van der Waals surface area contributed by atoms with Gasteiger partial charge < -0.3 is 10.1 Å². The van der Waals surface area contributed by atoms with Crippen LogP contribution in [0.5, 0.6) is 0 Å². The highest BCUT2D eigenvalue weighted by Crippen LogP contribution is 2.26. The van der Waals surface area contributed by atoms with Crippen LogP contribution in [-0.2, 0) is 4.79 Å². The highest BCUT2D eigenvalue weighted by atomic mass is 16.1. The Bertz CT molecular complexity index is 822. The molecule has 5 heteroatoms. The van der Waals surface area contributed by atoms with Crippen molar-refractivity contribution in [2.24, 2.45) is 0 Å². The summed E-state index contributed by atoms with van der Waals surface area (Å²) in [5.41, 5.74) is 3.41. The minimum absolute atomic E-state index is 0.130. The number of aldehydes is 1. The zero-order valence-corrected chi connectivity index (χ0v) is 12.6. The molecule has 3 rings (SSSR count). The number of rotatable bonds is 6. The topological polar surface area (TPSA) is 74.8 Å². The van der Waals surface area contributed by atoms with E-state index >= 15 is 0 Å². The molecule has 1 amide bonds. The molecule has 0 aliphatic rings. The lowest BCUT2D eigenvalue weighted by atomic mass is 10.1. The van der Waals surface area contributed by atoms with E-state index < -0.39 is 0 Å². The Kier molecular flexibility index (Phi) is 4.47. The maximum atomic E-state index is 12.0. The van der Waals surface area contributed by atoms with E-state index in [9.17, 15) is 9.59 Å². The summed E-state index contributed by atoms with van der Waals surface area (Å²) in [5, 5.41) is 11.2. The standard InChI is InChI=1S/C18H17N3O2/c22-12-4-3-11-19-18(23)14-9-7-13(8-10-14)17-15-5-1-2-6-16(15)20-21-17/h1-2,5-10,12H,3-4,11H2,(H,19,23)(H,20,21). The molecule has 116 valence electrons. The third kappa shape index (κ3) is 3.29. The highest BCUT2D eigenvalue weighted by molar-refractivity contribution is 5.96. The molecule has 3 aromatic rings.